The molecule has 0 bridgehead atoms. The summed E-state index contributed by atoms with van der Waals surface area (Å²) < 4.78 is 6.47. The van der Waals surface area contributed by atoms with Gasteiger partial charge in [0.25, 0.3) is 0 Å². The van der Waals surface area contributed by atoms with Gasteiger partial charge in [-0.25, -0.2) is 4.79 Å². The number of aliphatic hydroxyl groups excluding tert-OH is 3. The van der Waals surface area contributed by atoms with Crippen LogP contribution in [0.1, 0.15) is 39.0 Å². The smallest absolute Gasteiger partial charge is 0.351 e. The van der Waals surface area contributed by atoms with Crippen LogP contribution in [0.4, 0.5) is 5.82 Å². The van der Waals surface area contributed by atoms with Crippen molar-refractivity contribution in [3.63, 3.8) is 0 Å². The predicted molar refractivity (Wildman–Crippen MR) is 89.0 cm³/mol. The molecule has 0 amide bonds. The molecule has 4 atom stereocenters. The molecule has 0 saturated carbocycles. The number of aliphatic hydroxyl groups is 3. The maximum atomic E-state index is 12.1. The van der Waals surface area contributed by atoms with Gasteiger partial charge in [0.2, 0.25) is 0 Å². The van der Waals surface area contributed by atoms with Gasteiger partial charge in [0.1, 0.15) is 24.1 Å². The Kier molecular flexibility index (Phi) is 5.76. The van der Waals surface area contributed by atoms with Crippen LogP contribution < -0.4 is 11.4 Å². The molecule has 1 fully saturated rings. The van der Waals surface area contributed by atoms with Gasteiger partial charge in [-0.1, -0.05) is 25.5 Å². The molecule has 1 aromatic heterocycles. The number of ether oxygens (including phenoxy) is 1. The summed E-state index contributed by atoms with van der Waals surface area (Å²) >= 11 is 0. The van der Waals surface area contributed by atoms with E-state index in [0.29, 0.717) is 11.5 Å². The lowest BCUT2D eigenvalue weighted by Gasteiger charge is -2.18. The lowest BCUT2D eigenvalue weighted by atomic mass is 10.0. The second kappa shape index (κ2) is 7.43. The molecule has 1 aromatic rings. The van der Waals surface area contributed by atoms with Gasteiger partial charge >= 0.3 is 5.69 Å². The molecule has 8 heteroatoms. The molecular formula is C16H25N3O5. The van der Waals surface area contributed by atoms with Crippen LogP contribution in [0, 0.1) is 5.92 Å². The minimum atomic E-state index is -1.35. The molecule has 134 valence electrons. The monoisotopic (exact) mass is 339 g/mol. The highest BCUT2D eigenvalue weighted by Gasteiger charge is 2.43. The summed E-state index contributed by atoms with van der Waals surface area (Å²) in [7, 11) is 0. The van der Waals surface area contributed by atoms with Gasteiger partial charge < -0.3 is 25.8 Å². The van der Waals surface area contributed by atoms with E-state index >= 15 is 0 Å². The van der Waals surface area contributed by atoms with Crippen molar-refractivity contribution in [2.45, 2.75) is 51.7 Å². The van der Waals surface area contributed by atoms with Gasteiger partial charge in [-0.3, -0.25) is 4.57 Å². The second-order valence-electron chi connectivity index (χ2n) is 6.59. The molecule has 0 aliphatic carbocycles. The number of nitrogen functional groups attached to an aromatic ring is 1. The van der Waals surface area contributed by atoms with Gasteiger partial charge in [-0.05, 0) is 19.3 Å². The van der Waals surface area contributed by atoms with Crippen molar-refractivity contribution in [3.8, 4) is 0 Å². The van der Waals surface area contributed by atoms with Crippen LogP contribution in [0.2, 0.25) is 0 Å². The summed E-state index contributed by atoms with van der Waals surface area (Å²) in [5.74, 6) is 0.563. The number of hydrogen-bond acceptors (Lipinski definition) is 7. The van der Waals surface area contributed by atoms with Gasteiger partial charge in [-0.2, -0.15) is 4.98 Å². The Balaban J connectivity index is 2.39. The quantitative estimate of drug-likeness (QED) is 0.588. The highest BCUT2D eigenvalue weighted by atomic mass is 16.6. The van der Waals surface area contributed by atoms with Gasteiger partial charge in [0.05, 0.1) is 6.61 Å². The Morgan fingerprint density at radius 2 is 2.12 bits per heavy atom. The van der Waals surface area contributed by atoms with Crippen LogP contribution in [0.5, 0.6) is 0 Å². The molecule has 2 rings (SSSR count). The van der Waals surface area contributed by atoms with Gasteiger partial charge in [-0.15, -0.1) is 0 Å². The molecule has 0 radical (unpaired) electrons. The fourth-order valence-corrected chi connectivity index (χ4v) is 2.87. The number of hydrogen-bond donors (Lipinski definition) is 4. The van der Waals surface area contributed by atoms with Crippen molar-refractivity contribution in [1.29, 1.82) is 0 Å². The van der Waals surface area contributed by atoms with E-state index in [9.17, 15) is 15.0 Å². The molecule has 2 heterocycles. The summed E-state index contributed by atoms with van der Waals surface area (Å²) in [5.41, 5.74) is 6.74. The van der Waals surface area contributed by atoms with Crippen molar-refractivity contribution in [3.05, 3.63) is 27.8 Å². The number of nitrogens with two attached hydrogens (primary N) is 1. The maximum absolute atomic E-state index is 12.1. The van der Waals surface area contributed by atoms with Crippen molar-refractivity contribution in [2.24, 2.45) is 5.92 Å². The van der Waals surface area contributed by atoms with E-state index in [-0.39, 0.29) is 5.82 Å². The predicted octanol–water partition coefficient (Wildman–Crippen LogP) is -0.114. The van der Waals surface area contributed by atoms with Crippen molar-refractivity contribution >= 4 is 11.9 Å². The summed E-state index contributed by atoms with van der Waals surface area (Å²) in [6.45, 7) is 5.69. The lowest BCUT2D eigenvalue weighted by Crippen LogP contribution is -2.36. The summed E-state index contributed by atoms with van der Waals surface area (Å²) in [5, 5.41) is 29.1. The van der Waals surface area contributed by atoms with Gasteiger partial charge in [0, 0.05) is 11.8 Å². The van der Waals surface area contributed by atoms with Crippen LogP contribution in [-0.2, 0) is 4.74 Å². The van der Waals surface area contributed by atoms with Crippen molar-refractivity contribution < 1.29 is 20.1 Å². The standard InChI is InChI=1S/C16H25N3O5/c1-8(2)4-9(3)5-10-6-19(16(23)18-14(10)17)15-13(22)12(21)11(7-20)24-15/h5-6,8,11-13,15,20-22H,4,7H2,1-3H3,(H2,17,18,23)/t11-,12-,13-,15-/m1/s1. The molecule has 24 heavy (non-hydrogen) atoms. The maximum Gasteiger partial charge on any atom is 0.351 e. The fourth-order valence-electron chi connectivity index (χ4n) is 2.87. The van der Waals surface area contributed by atoms with E-state index in [1.807, 2.05) is 13.0 Å². The summed E-state index contributed by atoms with van der Waals surface area (Å²) in [6.07, 6.45) is -0.572. The largest absolute Gasteiger partial charge is 0.394 e. The second-order valence-corrected chi connectivity index (χ2v) is 6.59. The number of rotatable bonds is 5. The number of aromatic nitrogens is 2. The highest BCUT2D eigenvalue weighted by Crippen LogP contribution is 2.29. The molecule has 8 nitrogen and oxygen atoms in total. The third kappa shape index (κ3) is 3.84. The SMILES string of the molecule is CC(=Cc1cn([C@@H]2O[C@H](CO)[C@@H](O)[C@H]2O)c(=O)nc1N)CC(C)C. The zero-order valence-electron chi connectivity index (χ0n) is 14.1. The van der Waals surface area contributed by atoms with Gasteiger partial charge in [0.15, 0.2) is 6.23 Å². The zero-order chi connectivity index (χ0) is 18.0. The first-order valence-corrected chi connectivity index (χ1v) is 7.92. The Bertz CT molecular complexity index is 670. The van der Waals surface area contributed by atoms with E-state index in [1.165, 1.54) is 6.20 Å². The van der Waals surface area contributed by atoms with Crippen LogP contribution in [-0.4, -0.2) is 49.8 Å². The van der Waals surface area contributed by atoms with E-state index in [1.54, 1.807) is 0 Å². The third-order valence-corrected chi connectivity index (χ3v) is 3.93. The lowest BCUT2D eigenvalue weighted by molar-refractivity contribution is -0.0549. The van der Waals surface area contributed by atoms with Crippen LogP contribution in [0.25, 0.3) is 6.08 Å². The first-order valence-electron chi connectivity index (χ1n) is 7.92. The molecule has 1 aliphatic heterocycles. The average molecular weight is 339 g/mol. The molecule has 0 aromatic carbocycles. The molecule has 0 spiro atoms. The molecule has 1 saturated heterocycles. The summed E-state index contributed by atoms with van der Waals surface area (Å²) in [4.78, 5) is 15.9. The summed E-state index contributed by atoms with van der Waals surface area (Å²) in [6, 6.07) is 0. The Morgan fingerprint density at radius 3 is 2.67 bits per heavy atom. The zero-order valence-corrected chi connectivity index (χ0v) is 14.1. The van der Waals surface area contributed by atoms with E-state index in [4.69, 9.17) is 15.6 Å². The Morgan fingerprint density at radius 1 is 1.46 bits per heavy atom. The molecule has 5 N–H and O–H groups in total. The van der Waals surface area contributed by atoms with E-state index in [0.717, 1.165) is 16.6 Å². The highest BCUT2D eigenvalue weighted by molar-refractivity contribution is 5.61. The van der Waals surface area contributed by atoms with Crippen LogP contribution in [0.3, 0.4) is 0 Å². The minimum absolute atomic E-state index is 0.0890. The number of allylic oxidation sites excluding steroid dienone is 1. The van der Waals surface area contributed by atoms with E-state index < -0.39 is 36.8 Å². The Labute approximate surface area is 140 Å². The Hall–Kier alpha value is -1.74. The normalized spacial score (nSPS) is 27.9. The van der Waals surface area contributed by atoms with E-state index in [2.05, 4.69) is 18.8 Å². The molecule has 0 unspecified atom stereocenters. The number of nitrogens with zero attached hydrogens (tertiary/aromatic N) is 2. The number of anilines is 1. The first-order chi connectivity index (χ1) is 11.2. The topological polar surface area (TPSA) is 131 Å². The first kappa shape index (κ1) is 18.6. The molecule has 1 aliphatic rings. The molecular weight excluding hydrogens is 314 g/mol. The minimum Gasteiger partial charge on any atom is -0.394 e. The van der Waals surface area contributed by atoms with Crippen LogP contribution >= 0.6 is 0 Å². The average Bonchev–Trinajstić information content (AvgIpc) is 2.77. The van der Waals surface area contributed by atoms with Crippen LogP contribution in [0.15, 0.2) is 16.6 Å². The van der Waals surface area contributed by atoms with Crippen molar-refractivity contribution in [2.75, 3.05) is 12.3 Å². The fraction of sp³-hybridized carbons (Fsp3) is 0.625. The third-order valence-electron chi connectivity index (χ3n) is 3.93. The van der Waals surface area contributed by atoms with Crippen molar-refractivity contribution in [1.82, 2.24) is 9.55 Å².